The Bertz CT molecular complexity index is 229. The quantitative estimate of drug-likeness (QED) is 0.368. The number of carbonyl (C=O) groups excluding carboxylic acids is 1. The molecule has 1 heterocycles. The molecule has 1 aliphatic heterocycles. The van der Waals surface area contributed by atoms with Crippen molar-refractivity contribution in [2.45, 2.75) is 30.5 Å². The molecule has 7 heteroatoms. The fourth-order valence-corrected chi connectivity index (χ4v) is 1.41. The average Bonchev–Trinajstić information content (AvgIpc) is 2.25. The molecule has 0 aromatic carbocycles. The SMILES string of the molecule is COC(=O)[C@@H]1O[C@H](CO)[C@H](O)[C@@H](O)[C@@H]1O. The van der Waals surface area contributed by atoms with Gasteiger partial charge in [-0.15, -0.1) is 0 Å². The second-order valence-electron chi connectivity index (χ2n) is 3.27. The maximum atomic E-state index is 11.1. The van der Waals surface area contributed by atoms with Crippen molar-refractivity contribution >= 4 is 5.97 Å². The highest BCUT2D eigenvalue weighted by molar-refractivity contribution is 5.75. The lowest BCUT2D eigenvalue weighted by molar-refractivity contribution is -0.234. The summed E-state index contributed by atoms with van der Waals surface area (Å²) in [7, 11) is 1.10. The first kappa shape index (κ1) is 12.3. The Labute approximate surface area is 85.9 Å². The second-order valence-corrected chi connectivity index (χ2v) is 3.27. The van der Waals surface area contributed by atoms with Gasteiger partial charge in [-0.25, -0.2) is 4.79 Å². The zero-order chi connectivity index (χ0) is 11.6. The second kappa shape index (κ2) is 4.86. The van der Waals surface area contributed by atoms with Crippen LogP contribution in [0.4, 0.5) is 0 Å². The summed E-state index contributed by atoms with van der Waals surface area (Å²) < 4.78 is 9.24. The van der Waals surface area contributed by atoms with Crippen LogP contribution in [-0.2, 0) is 14.3 Å². The highest BCUT2D eigenvalue weighted by Crippen LogP contribution is 2.21. The largest absolute Gasteiger partial charge is 0.467 e. The number of aliphatic hydroxyl groups excluding tert-OH is 4. The molecule has 88 valence electrons. The van der Waals surface area contributed by atoms with Crippen LogP contribution in [-0.4, -0.2) is 70.6 Å². The van der Waals surface area contributed by atoms with Crippen molar-refractivity contribution in [3.05, 3.63) is 0 Å². The first-order valence-electron chi connectivity index (χ1n) is 4.41. The Morgan fingerprint density at radius 2 is 1.87 bits per heavy atom. The normalized spacial score (nSPS) is 41.3. The minimum Gasteiger partial charge on any atom is -0.467 e. The maximum absolute atomic E-state index is 11.1. The molecule has 0 saturated carbocycles. The third-order valence-electron chi connectivity index (χ3n) is 2.33. The van der Waals surface area contributed by atoms with Gasteiger partial charge in [-0.05, 0) is 0 Å². The minimum atomic E-state index is -1.57. The van der Waals surface area contributed by atoms with Crippen LogP contribution < -0.4 is 0 Å². The summed E-state index contributed by atoms with van der Waals surface area (Å²) in [6.07, 6.45) is -7.08. The van der Waals surface area contributed by atoms with Crippen LogP contribution in [0.3, 0.4) is 0 Å². The van der Waals surface area contributed by atoms with Crippen LogP contribution in [0, 0.1) is 0 Å². The fourth-order valence-electron chi connectivity index (χ4n) is 1.41. The third-order valence-corrected chi connectivity index (χ3v) is 2.33. The van der Waals surface area contributed by atoms with Crippen LogP contribution in [0.15, 0.2) is 0 Å². The Morgan fingerprint density at radius 1 is 1.27 bits per heavy atom. The lowest BCUT2D eigenvalue weighted by atomic mass is 9.95. The van der Waals surface area contributed by atoms with Gasteiger partial charge in [0.2, 0.25) is 0 Å². The van der Waals surface area contributed by atoms with Crippen molar-refractivity contribution in [1.29, 1.82) is 0 Å². The smallest absolute Gasteiger partial charge is 0.337 e. The van der Waals surface area contributed by atoms with E-state index in [-0.39, 0.29) is 0 Å². The standard InChI is InChI=1S/C8H14O7/c1-14-8(13)7-6(12)5(11)4(10)3(2-9)15-7/h3-7,9-12H,2H2,1H3/t3-,4+,5-,6+,7-/m1/s1. The summed E-state index contributed by atoms with van der Waals surface area (Å²) >= 11 is 0. The molecule has 0 unspecified atom stereocenters. The Balaban J connectivity index is 2.78. The topological polar surface area (TPSA) is 116 Å². The number of methoxy groups -OCH3 is 1. The van der Waals surface area contributed by atoms with Gasteiger partial charge in [0.1, 0.15) is 24.4 Å². The third kappa shape index (κ3) is 2.27. The number of esters is 1. The van der Waals surface area contributed by atoms with Crippen LogP contribution >= 0.6 is 0 Å². The average molecular weight is 222 g/mol. The Kier molecular flexibility index (Phi) is 4.00. The van der Waals surface area contributed by atoms with E-state index in [1.54, 1.807) is 0 Å². The van der Waals surface area contributed by atoms with Gasteiger partial charge in [-0.3, -0.25) is 0 Å². The Hall–Kier alpha value is -0.730. The van der Waals surface area contributed by atoms with Crippen LogP contribution in [0.2, 0.25) is 0 Å². The van der Waals surface area contributed by atoms with Crippen LogP contribution in [0.5, 0.6) is 0 Å². The number of hydrogen-bond donors (Lipinski definition) is 4. The van der Waals surface area contributed by atoms with Crippen molar-refractivity contribution in [2.24, 2.45) is 0 Å². The first-order valence-corrected chi connectivity index (χ1v) is 4.41. The predicted molar refractivity (Wildman–Crippen MR) is 45.8 cm³/mol. The number of ether oxygens (including phenoxy) is 2. The molecule has 4 N–H and O–H groups in total. The van der Waals surface area contributed by atoms with Crippen molar-refractivity contribution < 1.29 is 34.7 Å². The summed E-state index contributed by atoms with van der Waals surface area (Å²) in [5.74, 6) is -0.869. The van der Waals surface area contributed by atoms with E-state index in [2.05, 4.69) is 4.74 Å². The zero-order valence-corrected chi connectivity index (χ0v) is 8.11. The van der Waals surface area contributed by atoms with E-state index >= 15 is 0 Å². The van der Waals surface area contributed by atoms with Gasteiger partial charge in [0.25, 0.3) is 0 Å². The summed E-state index contributed by atoms with van der Waals surface area (Å²) in [5.41, 5.74) is 0. The van der Waals surface area contributed by atoms with Gasteiger partial charge in [-0.1, -0.05) is 0 Å². The maximum Gasteiger partial charge on any atom is 0.337 e. The lowest BCUT2D eigenvalue weighted by Gasteiger charge is -2.38. The molecule has 0 aromatic heterocycles. The van der Waals surface area contributed by atoms with Gasteiger partial charge in [-0.2, -0.15) is 0 Å². The van der Waals surface area contributed by atoms with Gasteiger partial charge in [0.15, 0.2) is 6.10 Å². The van der Waals surface area contributed by atoms with Gasteiger partial charge in [0.05, 0.1) is 13.7 Å². The summed E-state index contributed by atoms with van der Waals surface area (Å²) in [4.78, 5) is 11.1. The van der Waals surface area contributed by atoms with Crippen molar-refractivity contribution in [1.82, 2.24) is 0 Å². The molecule has 0 aromatic rings. The highest BCUT2D eigenvalue weighted by atomic mass is 16.6. The molecule has 5 atom stereocenters. The van der Waals surface area contributed by atoms with E-state index in [1.165, 1.54) is 0 Å². The van der Waals surface area contributed by atoms with E-state index in [4.69, 9.17) is 9.84 Å². The molecule has 1 aliphatic rings. The molecule has 0 spiro atoms. The molecular formula is C8H14O7. The summed E-state index contributed by atoms with van der Waals surface area (Å²) in [6, 6.07) is 0. The van der Waals surface area contributed by atoms with E-state index in [1.807, 2.05) is 0 Å². The first-order chi connectivity index (χ1) is 7.02. The monoisotopic (exact) mass is 222 g/mol. The molecule has 15 heavy (non-hydrogen) atoms. The molecule has 0 amide bonds. The molecular weight excluding hydrogens is 208 g/mol. The molecule has 1 fully saturated rings. The van der Waals surface area contributed by atoms with Crippen molar-refractivity contribution in [3.8, 4) is 0 Å². The van der Waals surface area contributed by atoms with E-state index in [0.717, 1.165) is 7.11 Å². The zero-order valence-electron chi connectivity index (χ0n) is 8.11. The van der Waals surface area contributed by atoms with E-state index in [0.29, 0.717) is 0 Å². The molecule has 0 radical (unpaired) electrons. The fraction of sp³-hybridized carbons (Fsp3) is 0.875. The highest BCUT2D eigenvalue weighted by Gasteiger charge is 2.46. The molecule has 0 bridgehead atoms. The van der Waals surface area contributed by atoms with Crippen molar-refractivity contribution in [2.75, 3.05) is 13.7 Å². The molecule has 0 aliphatic carbocycles. The number of carbonyl (C=O) groups is 1. The van der Waals surface area contributed by atoms with Crippen molar-refractivity contribution in [3.63, 3.8) is 0 Å². The molecule has 1 rings (SSSR count). The van der Waals surface area contributed by atoms with Gasteiger partial charge >= 0.3 is 5.97 Å². The van der Waals surface area contributed by atoms with E-state index in [9.17, 15) is 20.1 Å². The van der Waals surface area contributed by atoms with Crippen LogP contribution in [0.25, 0.3) is 0 Å². The van der Waals surface area contributed by atoms with Gasteiger partial charge < -0.3 is 29.9 Å². The van der Waals surface area contributed by atoms with E-state index < -0.39 is 43.1 Å². The Morgan fingerprint density at radius 3 is 2.33 bits per heavy atom. The van der Waals surface area contributed by atoms with Crippen LogP contribution in [0.1, 0.15) is 0 Å². The lowest BCUT2D eigenvalue weighted by Crippen LogP contribution is -2.60. The number of aliphatic hydroxyl groups is 4. The minimum absolute atomic E-state index is 0.571. The predicted octanol–water partition coefficient (Wildman–Crippen LogP) is -3.00. The number of hydrogen-bond acceptors (Lipinski definition) is 7. The summed E-state index contributed by atoms with van der Waals surface area (Å²) in [6.45, 7) is -0.571. The molecule has 7 nitrogen and oxygen atoms in total. The summed E-state index contributed by atoms with van der Waals surface area (Å²) in [5, 5.41) is 36.9. The number of rotatable bonds is 2. The van der Waals surface area contributed by atoms with Gasteiger partial charge in [0, 0.05) is 0 Å². The molecule has 1 saturated heterocycles.